The smallest absolute Gasteiger partial charge is 0.366 e. The number of ether oxygens (including phenoxy) is 1. The standard InChI is InChI=1S/C16H14FNO2S/c17-14-8-6-12(7-9-14)10-18-15(21)16(19)20-11-13-4-2-1-3-5-13/h1-9H,10-11H2,(H,18,21). The summed E-state index contributed by atoms with van der Waals surface area (Å²) in [5.41, 5.74) is 1.72. The average molecular weight is 303 g/mol. The van der Waals surface area contributed by atoms with Crippen molar-refractivity contribution < 1.29 is 13.9 Å². The summed E-state index contributed by atoms with van der Waals surface area (Å²) in [5.74, 6) is -0.875. The molecule has 2 aromatic rings. The van der Waals surface area contributed by atoms with Crippen LogP contribution in [0.5, 0.6) is 0 Å². The molecule has 0 aliphatic carbocycles. The number of hydrogen-bond donors (Lipinski definition) is 1. The van der Waals surface area contributed by atoms with E-state index in [0.717, 1.165) is 11.1 Å². The Bertz CT molecular complexity index is 614. The summed E-state index contributed by atoms with van der Waals surface area (Å²) in [6.07, 6.45) is 0. The summed E-state index contributed by atoms with van der Waals surface area (Å²) >= 11 is 4.96. The summed E-state index contributed by atoms with van der Waals surface area (Å²) in [4.78, 5) is 11.7. The number of hydrogen-bond acceptors (Lipinski definition) is 3. The minimum absolute atomic E-state index is 0.00950. The number of carbonyl (C=O) groups excluding carboxylic acids is 1. The first-order valence-electron chi connectivity index (χ1n) is 6.38. The lowest BCUT2D eigenvalue weighted by Gasteiger charge is -2.08. The summed E-state index contributed by atoms with van der Waals surface area (Å²) < 4.78 is 17.8. The van der Waals surface area contributed by atoms with Crippen molar-refractivity contribution in [3.05, 3.63) is 71.5 Å². The van der Waals surface area contributed by atoms with E-state index in [1.54, 1.807) is 12.1 Å². The van der Waals surface area contributed by atoms with Gasteiger partial charge < -0.3 is 10.1 Å². The van der Waals surface area contributed by atoms with Gasteiger partial charge in [-0.05, 0) is 23.3 Å². The van der Waals surface area contributed by atoms with Crippen LogP contribution in [-0.4, -0.2) is 11.0 Å². The number of rotatable bonds is 4. The monoisotopic (exact) mass is 303 g/mol. The molecule has 108 valence electrons. The van der Waals surface area contributed by atoms with Gasteiger partial charge in [-0.25, -0.2) is 9.18 Å². The molecule has 0 heterocycles. The van der Waals surface area contributed by atoms with Crippen LogP contribution in [0.3, 0.4) is 0 Å². The molecule has 2 aromatic carbocycles. The van der Waals surface area contributed by atoms with Crippen LogP contribution in [0.15, 0.2) is 54.6 Å². The molecule has 0 atom stereocenters. The average Bonchev–Trinajstić information content (AvgIpc) is 2.52. The molecular weight excluding hydrogens is 289 g/mol. The van der Waals surface area contributed by atoms with Crippen molar-refractivity contribution in [3.63, 3.8) is 0 Å². The molecule has 21 heavy (non-hydrogen) atoms. The van der Waals surface area contributed by atoms with E-state index >= 15 is 0 Å². The van der Waals surface area contributed by atoms with Crippen LogP contribution in [-0.2, 0) is 22.7 Å². The maximum atomic E-state index is 12.8. The largest absolute Gasteiger partial charge is 0.456 e. The molecule has 0 saturated heterocycles. The summed E-state index contributed by atoms with van der Waals surface area (Å²) in [7, 11) is 0. The second-order valence-corrected chi connectivity index (χ2v) is 4.78. The fourth-order valence-electron chi connectivity index (χ4n) is 1.65. The highest BCUT2D eigenvalue weighted by Crippen LogP contribution is 2.03. The molecule has 3 nitrogen and oxygen atoms in total. The van der Waals surface area contributed by atoms with E-state index in [2.05, 4.69) is 5.32 Å². The Kier molecular flexibility index (Phi) is 5.40. The van der Waals surface area contributed by atoms with E-state index in [4.69, 9.17) is 17.0 Å². The summed E-state index contributed by atoms with van der Waals surface area (Å²) in [6, 6.07) is 15.3. The Morgan fingerprint density at radius 3 is 2.38 bits per heavy atom. The van der Waals surface area contributed by atoms with E-state index in [1.807, 2.05) is 30.3 Å². The van der Waals surface area contributed by atoms with Crippen molar-refractivity contribution in [2.45, 2.75) is 13.2 Å². The molecule has 0 bridgehead atoms. The van der Waals surface area contributed by atoms with Crippen LogP contribution >= 0.6 is 12.2 Å². The minimum Gasteiger partial charge on any atom is -0.456 e. The zero-order valence-corrected chi connectivity index (χ0v) is 12.0. The fourth-order valence-corrected chi connectivity index (χ4v) is 1.78. The predicted molar refractivity (Wildman–Crippen MR) is 82.1 cm³/mol. The molecule has 0 fully saturated rings. The van der Waals surface area contributed by atoms with Crippen molar-refractivity contribution >= 4 is 23.2 Å². The molecule has 0 saturated carbocycles. The van der Waals surface area contributed by atoms with Crippen molar-refractivity contribution in [1.29, 1.82) is 0 Å². The molecule has 0 aromatic heterocycles. The minimum atomic E-state index is -0.573. The van der Waals surface area contributed by atoms with Gasteiger partial charge in [-0.15, -0.1) is 0 Å². The third-order valence-corrected chi connectivity index (χ3v) is 3.08. The Morgan fingerprint density at radius 1 is 1.05 bits per heavy atom. The van der Waals surface area contributed by atoms with E-state index in [1.165, 1.54) is 12.1 Å². The Labute approximate surface area is 127 Å². The van der Waals surface area contributed by atoms with Crippen LogP contribution in [0.4, 0.5) is 4.39 Å². The Balaban J connectivity index is 1.77. The van der Waals surface area contributed by atoms with Crippen LogP contribution in [0, 0.1) is 5.82 Å². The first-order chi connectivity index (χ1) is 10.1. The highest BCUT2D eigenvalue weighted by atomic mass is 32.1. The zero-order valence-electron chi connectivity index (χ0n) is 11.2. The van der Waals surface area contributed by atoms with Gasteiger partial charge in [0.1, 0.15) is 12.4 Å². The normalized spacial score (nSPS) is 9.95. The van der Waals surface area contributed by atoms with Gasteiger partial charge in [0.15, 0.2) is 4.99 Å². The van der Waals surface area contributed by atoms with Gasteiger partial charge in [-0.3, -0.25) is 0 Å². The van der Waals surface area contributed by atoms with Crippen LogP contribution < -0.4 is 5.32 Å². The lowest BCUT2D eigenvalue weighted by atomic mass is 10.2. The van der Waals surface area contributed by atoms with Gasteiger partial charge in [0, 0.05) is 6.54 Å². The molecule has 0 spiro atoms. The number of benzene rings is 2. The maximum Gasteiger partial charge on any atom is 0.366 e. The van der Waals surface area contributed by atoms with Crippen molar-refractivity contribution in [2.24, 2.45) is 0 Å². The second kappa shape index (κ2) is 7.50. The molecule has 0 unspecified atom stereocenters. The first kappa shape index (κ1) is 15.1. The predicted octanol–water partition coefficient (Wildman–Crippen LogP) is 2.99. The van der Waals surface area contributed by atoms with Crippen LogP contribution in [0.25, 0.3) is 0 Å². The molecule has 0 aliphatic heterocycles. The maximum absolute atomic E-state index is 12.8. The summed E-state index contributed by atoms with van der Waals surface area (Å²) in [6.45, 7) is 0.525. The highest BCUT2D eigenvalue weighted by molar-refractivity contribution is 7.81. The number of nitrogens with one attached hydrogen (secondary N) is 1. The number of carbonyl (C=O) groups is 1. The van der Waals surface area contributed by atoms with E-state index < -0.39 is 5.97 Å². The number of thiocarbonyl (C=S) groups is 1. The van der Waals surface area contributed by atoms with E-state index in [0.29, 0.717) is 6.54 Å². The molecule has 0 aliphatic rings. The van der Waals surface area contributed by atoms with Crippen molar-refractivity contribution in [1.82, 2.24) is 5.32 Å². The third kappa shape index (κ3) is 4.96. The van der Waals surface area contributed by atoms with Gasteiger partial charge in [0.25, 0.3) is 0 Å². The van der Waals surface area contributed by atoms with Gasteiger partial charge in [0.2, 0.25) is 0 Å². The molecule has 1 N–H and O–H groups in total. The Hall–Kier alpha value is -2.27. The highest BCUT2D eigenvalue weighted by Gasteiger charge is 2.10. The fraction of sp³-hybridized carbons (Fsp3) is 0.125. The topological polar surface area (TPSA) is 38.3 Å². The molecule has 0 amide bonds. The first-order valence-corrected chi connectivity index (χ1v) is 6.79. The number of esters is 1. The van der Waals surface area contributed by atoms with E-state index in [-0.39, 0.29) is 17.4 Å². The van der Waals surface area contributed by atoms with Gasteiger partial charge in [-0.1, -0.05) is 54.7 Å². The van der Waals surface area contributed by atoms with Crippen molar-refractivity contribution in [2.75, 3.05) is 0 Å². The van der Waals surface area contributed by atoms with E-state index in [9.17, 15) is 9.18 Å². The van der Waals surface area contributed by atoms with Gasteiger partial charge in [-0.2, -0.15) is 0 Å². The SMILES string of the molecule is O=C(OCc1ccccc1)C(=S)NCc1ccc(F)cc1. The van der Waals surface area contributed by atoms with Crippen LogP contribution in [0.2, 0.25) is 0 Å². The Morgan fingerprint density at radius 2 is 1.71 bits per heavy atom. The third-order valence-electron chi connectivity index (χ3n) is 2.76. The van der Waals surface area contributed by atoms with Crippen LogP contribution in [0.1, 0.15) is 11.1 Å². The molecule has 2 rings (SSSR count). The molecule has 0 radical (unpaired) electrons. The lowest BCUT2D eigenvalue weighted by molar-refractivity contribution is -0.136. The van der Waals surface area contributed by atoms with Gasteiger partial charge >= 0.3 is 5.97 Å². The van der Waals surface area contributed by atoms with Gasteiger partial charge in [0.05, 0.1) is 0 Å². The molecule has 5 heteroatoms. The summed E-state index contributed by atoms with van der Waals surface area (Å²) in [5, 5.41) is 2.79. The van der Waals surface area contributed by atoms with Crippen molar-refractivity contribution in [3.8, 4) is 0 Å². The second-order valence-electron chi connectivity index (χ2n) is 4.37. The number of halogens is 1. The molecular formula is C16H14FNO2S. The zero-order chi connectivity index (χ0) is 15.1. The lowest BCUT2D eigenvalue weighted by Crippen LogP contribution is -2.30. The quantitative estimate of drug-likeness (QED) is 0.696.